The van der Waals surface area contributed by atoms with Crippen LogP contribution in [0.25, 0.3) is 22.6 Å². The molecule has 1 fully saturated rings. The Bertz CT molecular complexity index is 1330. The number of likely N-dealkylation sites (tertiary alicyclic amines) is 1. The van der Waals surface area contributed by atoms with Crippen LogP contribution in [0, 0.1) is 6.92 Å². The largest absolute Gasteiger partial charge is 0.490 e. The van der Waals surface area contributed by atoms with E-state index in [2.05, 4.69) is 22.0 Å². The molecule has 0 bridgehead atoms. The van der Waals surface area contributed by atoms with E-state index in [1.807, 2.05) is 37.3 Å². The molecule has 0 unspecified atom stereocenters. The van der Waals surface area contributed by atoms with E-state index < -0.39 is 6.10 Å². The van der Waals surface area contributed by atoms with Crippen LogP contribution in [0.5, 0.6) is 17.2 Å². The Kier molecular flexibility index (Phi) is 7.09. The molecular formula is C27H29ClN2O6. The summed E-state index contributed by atoms with van der Waals surface area (Å²) in [6.07, 6.45) is 3.16. The van der Waals surface area contributed by atoms with Gasteiger partial charge >= 0.3 is 0 Å². The van der Waals surface area contributed by atoms with Gasteiger partial charge in [-0.1, -0.05) is 12.1 Å². The van der Waals surface area contributed by atoms with Gasteiger partial charge in [0.15, 0.2) is 17.3 Å². The Morgan fingerprint density at radius 1 is 1.08 bits per heavy atom. The maximum atomic E-state index is 10.7. The summed E-state index contributed by atoms with van der Waals surface area (Å²) in [5, 5.41) is 11.5. The van der Waals surface area contributed by atoms with Crippen LogP contribution in [0.1, 0.15) is 30.1 Å². The number of furan rings is 1. The van der Waals surface area contributed by atoms with E-state index in [0.717, 1.165) is 48.6 Å². The monoisotopic (exact) mass is 512 g/mol. The van der Waals surface area contributed by atoms with Crippen molar-refractivity contribution < 1.29 is 28.2 Å². The van der Waals surface area contributed by atoms with E-state index in [0.29, 0.717) is 42.2 Å². The number of benzene rings is 2. The first-order chi connectivity index (χ1) is 17.1. The van der Waals surface area contributed by atoms with Crippen LogP contribution in [-0.4, -0.2) is 54.1 Å². The first-order valence-corrected chi connectivity index (χ1v) is 12.0. The van der Waals surface area contributed by atoms with Crippen LogP contribution in [0.2, 0.25) is 0 Å². The number of aryl methyl sites for hydroxylation is 1. The van der Waals surface area contributed by atoms with Gasteiger partial charge in [0.1, 0.15) is 29.8 Å². The van der Waals surface area contributed by atoms with Crippen LogP contribution in [0.3, 0.4) is 0 Å². The van der Waals surface area contributed by atoms with Crippen molar-refractivity contribution in [2.45, 2.75) is 31.8 Å². The van der Waals surface area contributed by atoms with Gasteiger partial charge in [0, 0.05) is 12.6 Å². The summed E-state index contributed by atoms with van der Waals surface area (Å²) in [5.41, 5.74) is 1.98. The van der Waals surface area contributed by atoms with Crippen molar-refractivity contribution in [2.24, 2.45) is 0 Å². The lowest BCUT2D eigenvalue weighted by atomic mass is 9.89. The highest BCUT2D eigenvalue weighted by Crippen LogP contribution is 2.37. The minimum Gasteiger partial charge on any atom is -0.490 e. The Morgan fingerprint density at radius 3 is 2.72 bits per heavy atom. The highest BCUT2D eigenvalue weighted by Gasteiger charge is 2.24. The number of rotatable bonds is 7. The number of oxazole rings is 1. The van der Waals surface area contributed by atoms with Crippen LogP contribution in [-0.2, 0) is 0 Å². The molecule has 4 heterocycles. The zero-order chi connectivity index (χ0) is 23.8. The fourth-order valence-corrected chi connectivity index (χ4v) is 4.89. The highest BCUT2D eigenvalue weighted by molar-refractivity contribution is 5.87. The van der Waals surface area contributed by atoms with Crippen molar-refractivity contribution in [3.63, 3.8) is 0 Å². The van der Waals surface area contributed by atoms with Crippen LogP contribution in [0.15, 0.2) is 57.5 Å². The van der Waals surface area contributed by atoms with Gasteiger partial charge in [-0.05, 0) is 68.6 Å². The number of piperidine rings is 1. The molecule has 2 aromatic carbocycles. The second kappa shape index (κ2) is 10.4. The molecule has 2 aliphatic heterocycles. The third kappa shape index (κ3) is 5.02. The van der Waals surface area contributed by atoms with Crippen molar-refractivity contribution in [3.05, 3.63) is 60.0 Å². The lowest BCUT2D eigenvalue weighted by Gasteiger charge is -2.33. The summed E-state index contributed by atoms with van der Waals surface area (Å²) in [4.78, 5) is 6.54. The summed E-state index contributed by atoms with van der Waals surface area (Å²) >= 11 is 0. The Hall–Kier alpha value is -3.20. The molecule has 8 nitrogen and oxygen atoms in total. The van der Waals surface area contributed by atoms with E-state index in [1.165, 1.54) is 5.56 Å². The quantitative estimate of drug-likeness (QED) is 0.363. The molecule has 1 N–H and O–H groups in total. The van der Waals surface area contributed by atoms with Crippen molar-refractivity contribution in [2.75, 3.05) is 33.0 Å². The molecule has 190 valence electrons. The van der Waals surface area contributed by atoms with Crippen molar-refractivity contribution in [3.8, 4) is 28.9 Å². The van der Waals surface area contributed by atoms with Gasteiger partial charge in [-0.15, -0.1) is 12.4 Å². The number of nitrogens with zero attached hydrogens (tertiary/aromatic N) is 2. The van der Waals surface area contributed by atoms with Crippen LogP contribution < -0.4 is 14.2 Å². The zero-order valence-electron chi connectivity index (χ0n) is 20.0. The standard InChI is InChI=1S/C27H28N2O6.ClH/c1-17-13-28-27(34-17)26-12-21-22(3-2-4-23(21)35-26)31-15-20(30)14-29-9-7-18(8-10-29)19-5-6-24-25(11-19)33-16-32-24;/h2-6,11-13,18,20,30H,7-10,14-16H2,1H3;1H/t20-;/m0./s1. The maximum absolute atomic E-state index is 10.7. The third-order valence-electron chi connectivity index (χ3n) is 6.71. The Balaban J connectivity index is 0.00000267. The van der Waals surface area contributed by atoms with Gasteiger partial charge in [0.2, 0.25) is 6.79 Å². The number of hydrogen-bond donors (Lipinski definition) is 1. The number of fused-ring (bicyclic) bond motifs is 2. The number of aromatic nitrogens is 1. The molecule has 2 aromatic heterocycles. The molecule has 1 saturated heterocycles. The van der Waals surface area contributed by atoms with Gasteiger partial charge in [-0.2, -0.15) is 0 Å². The predicted molar refractivity (Wildman–Crippen MR) is 136 cm³/mol. The van der Waals surface area contributed by atoms with E-state index in [4.69, 9.17) is 23.0 Å². The van der Waals surface area contributed by atoms with Crippen molar-refractivity contribution >= 4 is 23.4 Å². The Labute approximate surface area is 215 Å². The molecule has 6 rings (SSSR count). The smallest absolute Gasteiger partial charge is 0.263 e. The highest BCUT2D eigenvalue weighted by atomic mass is 35.5. The lowest BCUT2D eigenvalue weighted by Crippen LogP contribution is -2.40. The number of ether oxygens (including phenoxy) is 3. The summed E-state index contributed by atoms with van der Waals surface area (Å²) < 4.78 is 28.4. The number of hydrogen-bond acceptors (Lipinski definition) is 8. The summed E-state index contributed by atoms with van der Waals surface area (Å²) in [6.45, 7) is 4.80. The van der Waals surface area contributed by atoms with Gasteiger partial charge < -0.3 is 33.1 Å². The minimum atomic E-state index is -0.590. The molecule has 0 saturated carbocycles. The Morgan fingerprint density at radius 2 is 1.92 bits per heavy atom. The summed E-state index contributed by atoms with van der Waals surface area (Å²) in [6, 6.07) is 13.7. The molecule has 0 amide bonds. The van der Waals surface area contributed by atoms with E-state index >= 15 is 0 Å². The summed E-state index contributed by atoms with van der Waals surface area (Å²) in [5.74, 6) is 4.54. The average Bonchev–Trinajstić information content (AvgIpc) is 3.62. The average molecular weight is 513 g/mol. The summed E-state index contributed by atoms with van der Waals surface area (Å²) in [7, 11) is 0. The maximum Gasteiger partial charge on any atom is 0.263 e. The number of halogens is 1. The molecule has 9 heteroatoms. The number of aliphatic hydroxyl groups excluding tert-OH is 1. The molecule has 4 aromatic rings. The molecule has 1 atom stereocenters. The molecule has 0 aliphatic carbocycles. The first kappa shape index (κ1) is 24.5. The lowest BCUT2D eigenvalue weighted by molar-refractivity contribution is 0.0599. The van der Waals surface area contributed by atoms with Crippen LogP contribution >= 0.6 is 12.4 Å². The van der Waals surface area contributed by atoms with Gasteiger partial charge in [0.05, 0.1) is 11.6 Å². The van der Waals surface area contributed by atoms with Gasteiger partial charge in [-0.25, -0.2) is 4.98 Å². The molecule has 36 heavy (non-hydrogen) atoms. The predicted octanol–water partition coefficient (Wildman–Crippen LogP) is 5.17. The van der Waals surface area contributed by atoms with Gasteiger partial charge in [-0.3, -0.25) is 0 Å². The number of aliphatic hydroxyl groups is 1. The van der Waals surface area contributed by atoms with Gasteiger partial charge in [0.25, 0.3) is 5.89 Å². The van der Waals surface area contributed by atoms with E-state index in [1.54, 1.807) is 6.20 Å². The molecule has 0 spiro atoms. The van der Waals surface area contributed by atoms with Crippen molar-refractivity contribution in [1.29, 1.82) is 0 Å². The van der Waals surface area contributed by atoms with Crippen LogP contribution in [0.4, 0.5) is 0 Å². The minimum absolute atomic E-state index is 0. The molecule has 0 radical (unpaired) electrons. The SMILES string of the molecule is Cc1cnc(-c2cc3c(OC[C@@H](O)CN4CCC(c5ccc6c(c5)OCO6)CC4)cccc3o2)o1.Cl. The van der Waals surface area contributed by atoms with E-state index in [-0.39, 0.29) is 19.0 Å². The fraction of sp³-hybridized carbons (Fsp3) is 0.370. The fourth-order valence-electron chi connectivity index (χ4n) is 4.89. The molecular weight excluding hydrogens is 484 g/mol. The topological polar surface area (TPSA) is 90.3 Å². The van der Waals surface area contributed by atoms with E-state index in [9.17, 15) is 5.11 Å². The zero-order valence-corrected chi connectivity index (χ0v) is 20.8. The second-order valence-electron chi connectivity index (χ2n) is 9.21. The normalized spacial score (nSPS) is 16.7. The van der Waals surface area contributed by atoms with Crippen molar-refractivity contribution in [1.82, 2.24) is 9.88 Å². The second-order valence-corrected chi connectivity index (χ2v) is 9.21. The number of β-amino-alcohol motifs (C(OH)–C–C–N with tert-alkyl or cyclic N) is 1. The third-order valence-corrected chi connectivity index (χ3v) is 6.71. The molecule has 2 aliphatic rings. The first-order valence-electron chi connectivity index (χ1n) is 12.0.